The first-order valence-corrected chi connectivity index (χ1v) is 11.9. The van der Waals surface area contributed by atoms with E-state index in [0.29, 0.717) is 45.7 Å². The molecule has 1 aliphatic heterocycles. The van der Waals surface area contributed by atoms with E-state index in [4.69, 9.17) is 26.8 Å². The predicted octanol–water partition coefficient (Wildman–Crippen LogP) is 3.88. The molecule has 1 aliphatic carbocycles. The third kappa shape index (κ3) is 4.75. The van der Waals surface area contributed by atoms with Gasteiger partial charge in [-0.2, -0.15) is 0 Å². The van der Waals surface area contributed by atoms with Crippen LogP contribution in [0.1, 0.15) is 58.4 Å². The van der Waals surface area contributed by atoms with Gasteiger partial charge in [0.1, 0.15) is 12.7 Å². The highest BCUT2D eigenvalue weighted by Crippen LogP contribution is 2.45. The summed E-state index contributed by atoms with van der Waals surface area (Å²) in [7, 11) is 1.68. The fourth-order valence-corrected chi connectivity index (χ4v) is 5.14. The molecule has 2 aromatic rings. The van der Waals surface area contributed by atoms with Gasteiger partial charge in [-0.3, -0.25) is 9.59 Å². The van der Waals surface area contributed by atoms with Gasteiger partial charge in [0.15, 0.2) is 11.5 Å². The monoisotopic (exact) mass is 473 g/mol. The Morgan fingerprint density at radius 3 is 2.55 bits per heavy atom. The number of ether oxygens (including phenoxy) is 2. The zero-order valence-electron chi connectivity index (χ0n) is 19.7. The number of hydrogen-bond donors (Lipinski definition) is 2. The van der Waals surface area contributed by atoms with Crippen LogP contribution in [0.3, 0.4) is 0 Å². The zero-order valence-corrected chi connectivity index (χ0v) is 20.4. The summed E-state index contributed by atoms with van der Waals surface area (Å²) in [6, 6.07) is 3.79. The van der Waals surface area contributed by atoms with Crippen LogP contribution in [-0.2, 0) is 6.54 Å². The molecular formula is C25H32ClN3O4. The molecule has 7 nitrogen and oxygen atoms in total. The number of fused-ring (bicyclic) bond motifs is 1. The van der Waals surface area contributed by atoms with Gasteiger partial charge in [-0.15, -0.1) is 0 Å². The predicted molar refractivity (Wildman–Crippen MR) is 128 cm³/mol. The molecule has 4 rings (SSSR count). The van der Waals surface area contributed by atoms with Crippen molar-refractivity contribution >= 4 is 17.5 Å². The van der Waals surface area contributed by atoms with Crippen LogP contribution < -0.4 is 20.8 Å². The number of nitrogens with two attached hydrogens (primary N) is 1. The van der Waals surface area contributed by atoms with Gasteiger partial charge in [0.25, 0.3) is 11.5 Å². The average molecular weight is 474 g/mol. The minimum absolute atomic E-state index is 0.0865. The molecule has 0 bridgehead atoms. The van der Waals surface area contributed by atoms with Crippen LogP contribution in [0.4, 0.5) is 0 Å². The molecule has 33 heavy (non-hydrogen) atoms. The van der Waals surface area contributed by atoms with Crippen LogP contribution in [0, 0.1) is 26.7 Å². The number of aryl methyl sites for hydroxylation is 2. The third-order valence-corrected chi connectivity index (χ3v) is 7.19. The molecule has 1 aromatic carbocycles. The number of carbonyl (C=O) groups is 1. The number of halogens is 1. The Labute approximate surface area is 199 Å². The van der Waals surface area contributed by atoms with Crippen LogP contribution in [0.2, 0.25) is 5.02 Å². The van der Waals surface area contributed by atoms with Crippen molar-refractivity contribution in [1.82, 2.24) is 9.88 Å². The fraction of sp³-hybridized carbons (Fsp3) is 0.520. The number of nitrogens with one attached hydrogen (secondary N) is 1. The second kappa shape index (κ2) is 9.39. The van der Waals surface area contributed by atoms with E-state index in [2.05, 4.69) is 4.98 Å². The highest BCUT2D eigenvalue weighted by Gasteiger charge is 2.34. The third-order valence-electron chi connectivity index (χ3n) is 6.91. The van der Waals surface area contributed by atoms with Gasteiger partial charge in [0.2, 0.25) is 0 Å². The van der Waals surface area contributed by atoms with Gasteiger partial charge in [0.05, 0.1) is 11.6 Å². The van der Waals surface area contributed by atoms with Gasteiger partial charge in [-0.25, -0.2) is 0 Å². The average Bonchev–Trinajstić information content (AvgIpc) is 2.78. The number of aromatic amines is 1. The van der Waals surface area contributed by atoms with E-state index in [-0.39, 0.29) is 30.2 Å². The molecule has 1 fully saturated rings. The molecule has 2 aliphatic rings. The van der Waals surface area contributed by atoms with Gasteiger partial charge < -0.3 is 25.1 Å². The Morgan fingerprint density at radius 1 is 1.18 bits per heavy atom. The van der Waals surface area contributed by atoms with Crippen molar-refractivity contribution in [2.75, 3.05) is 13.7 Å². The maximum atomic E-state index is 13.4. The zero-order chi connectivity index (χ0) is 23.9. The summed E-state index contributed by atoms with van der Waals surface area (Å²) >= 11 is 6.50. The Balaban J connectivity index is 1.58. The van der Waals surface area contributed by atoms with Crippen molar-refractivity contribution in [3.05, 3.63) is 55.5 Å². The number of benzene rings is 1. The Kier molecular flexibility index (Phi) is 6.73. The lowest BCUT2D eigenvalue weighted by Gasteiger charge is -2.36. The first kappa shape index (κ1) is 23.6. The minimum Gasteiger partial charge on any atom is -0.484 e. The summed E-state index contributed by atoms with van der Waals surface area (Å²) < 4.78 is 12.4. The molecule has 1 atom stereocenters. The summed E-state index contributed by atoms with van der Waals surface area (Å²) in [4.78, 5) is 30.1. The van der Waals surface area contributed by atoms with Gasteiger partial charge >= 0.3 is 0 Å². The highest BCUT2D eigenvalue weighted by atomic mass is 35.5. The minimum atomic E-state index is -0.231. The van der Waals surface area contributed by atoms with E-state index in [0.717, 1.165) is 36.9 Å². The molecule has 8 heteroatoms. The largest absolute Gasteiger partial charge is 0.484 e. The van der Waals surface area contributed by atoms with Gasteiger partial charge in [0, 0.05) is 35.5 Å². The number of H-pyrrole nitrogens is 1. The summed E-state index contributed by atoms with van der Waals surface area (Å²) in [6.45, 7) is 6.19. The molecule has 0 unspecified atom stereocenters. The summed E-state index contributed by atoms with van der Waals surface area (Å²) in [5.41, 5.74) is 9.21. The van der Waals surface area contributed by atoms with E-state index in [1.165, 1.54) is 4.90 Å². The Hall–Kier alpha value is -2.51. The standard InChI is InChI=1S/C25H32ClN3O4/c1-13-9-14(2)28-24(30)19(13)11-29(4)25(31)18-10-20(26)23-22(15(18)3)33-21(12-32-23)16-5-7-17(27)8-6-16/h9-10,16-17,21H,5-8,11-12,27H2,1-4H3,(H,28,30)/t16-,17+,21-/m1/s1. The van der Waals surface area contributed by atoms with Crippen molar-refractivity contribution in [3.8, 4) is 11.5 Å². The van der Waals surface area contributed by atoms with Crippen LogP contribution in [0.25, 0.3) is 0 Å². The topological polar surface area (TPSA) is 97.7 Å². The first-order chi connectivity index (χ1) is 15.7. The smallest absolute Gasteiger partial charge is 0.254 e. The SMILES string of the molecule is Cc1cc(C)c(CN(C)C(=O)c2cc(Cl)c3c(c2C)O[C@@H]([C@H]2CC[C@@H](N)CC2)CO3)c(=O)[nH]1. The van der Waals surface area contributed by atoms with E-state index < -0.39 is 0 Å². The number of rotatable bonds is 4. The number of amides is 1. The molecule has 0 saturated heterocycles. The van der Waals surface area contributed by atoms with Crippen molar-refractivity contribution in [2.45, 2.75) is 65.1 Å². The quantitative estimate of drug-likeness (QED) is 0.702. The van der Waals surface area contributed by atoms with Crippen LogP contribution >= 0.6 is 11.6 Å². The number of aromatic nitrogens is 1. The number of carbonyl (C=O) groups excluding carboxylic acids is 1. The van der Waals surface area contributed by atoms with Crippen LogP contribution in [-0.4, -0.2) is 41.6 Å². The van der Waals surface area contributed by atoms with Crippen LogP contribution in [0.15, 0.2) is 16.9 Å². The lowest BCUT2D eigenvalue weighted by molar-refractivity contribution is 0.0314. The van der Waals surface area contributed by atoms with E-state index >= 15 is 0 Å². The first-order valence-electron chi connectivity index (χ1n) is 11.5. The maximum Gasteiger partial charge on any atom is 0.254 e. The van der Waals surface area contributed by atoms with Gasteiger partial charge in [-0.05, 0) is 70.1 Å². The van der Waals surface area contributed by atoms with Crippen LogP contribution in [0.5, 0.6) is 11.5 Å². The fourth-order valence-electron chi connectivity index (χ4n) is 4.89. The molecule has 2 heterocycles. The van der Waals surface area contributed by atoms with E-state index in [1.807, 2.05) is 26.8 Å². The number of nitrogens with zero attached hydrogens (tertiary/aromatic N) is 1. The van der Waals surface area contributed by atoms with Gasteiger partial charge in [-0.1, -0.05) is 11.6 Å². The second-order valence-electron chi connectivity index (χ2n) is 9.44. The summed E-state index contributed by atoms with van der Waals surface area (Å²) in [6.07, 6.45) is 3.89. The van der Waals surface area contributed by atoms with Crippen molar-refractivity contribution < 1.29 is 14.3 Å². The summed E-state index contributed by atoms with van der Waals surface area (Å²) in [5.74, 6) is 1.16. The van der Waals surface area contributed by atoms with E-state index in [1.54, 1.807) is 13.1 Å². The summed E-state index contributed by atoms with van der Waals surface area (Å²) in [5, 5.41) is 0.348. The molecule has 0 spiro atoms. The number of pyridine rings is 1. The van der Waals surface area contributed by atoms with Crippen molar-refractivity contribution in [3.63, 3.8) is 0 Å². The normalized spacial score (nSPS) is 22.2. The van der Waals surface area contributed by atoms with Crippen molar-refractivity contribution in [2.24, 2.45) is 11.7 Å². The molecule has 178 valence electrons. The Morgan fingerprint density at radius 2 is 1.88 bits per heavy atom. The maximum absolute atomic E-state index is 13.4. The molecule has 1 aromatic heterocycles. The molecule has 3 N–H and O–H groups in total. The number of hydrogen-bond acceptors (Lipinski definition) is 5. The molecular weight excluding hydrogens is 442 g/mol. The van der Waals surface area contributed by atoms with E-state index in [9.17, 15) is 9.59 Å². The molecule has 1 saturated carbocycles. The second-order valence-corrected chi connectivity index (χ2v) is 9.84. The van der Waals surface area contributed by atoms with Crippen molar-refractivity contribution in [1.29, 1.82) is 0 Å². The lowest BCUT2D eigenvalue weighted by atomic mass is 9.83. The Bertz CT molecular complexity index is 1120. The lowest BCUT2D eigenvalue weighted by Crippen LogP contribution is -2.40. The molecule has 1 amide bonds. The molecule has 0 radical (unpaired) electrons. The highest BCUT2D eigenvalue weighted by molar-refractivity contribution is 6.32.